The Balaban J connectivity index is 1.83. The number of hydrogen-bond acceptors (Lipinski definition) is 5. The molecule has 2 aromatic carbocycles. The van der Waals surface area contributed by atoms with Gasteiger partial charge < -0.3 is 14.1 Å². The number of amides is 1. The van der Waals surface area contributed by atoms with Gasteiger partial charge in [-0.1, -0.05) is 45.0 Å². The van der Waals surface area contributed by atoms with Crippen LogP contribution in [0.2, 0.25) is 18.1 Å². The first-order valence-electron chi connectivity index (χ1n) is 10.9. The molecule has 0 radical (unpaired) electrons. The third-order valence-corrected chi connectivity index (χ3v) is 13.7. The van der Waals surface area contributed by atoms with Gasteiger partial charge in [0.1, 0.15) is 5.75 Å². The summed E-state index contributed by atoms with van der Waals surface area (Å²) in [7, 11) is -4.74. The average Bonchev–Trinajstić information content (AvgIpc) is 3.22. The Morgan fingerprint density at radius 3 is 2.31 bits per heavy atom. The highest BCUT2D eigenvalue weighted by atomic mass is 32.2. The Morgan fingerprint density at radius 2 is 1.72 bits per heavy atom. The minimum atomic E-state index is -3.94. The summed E-state index contributed by atoms with van der Waals surface area (Å²) in [6.07, 6.45) is -0.183. The van der Waals surface area contributed by atoms with E-state index in [1.165, 1.54) is 0 Å². The summed E-state index contributed by atoms with van der Waals surface area (Å²) >= 11 is 0. The van der Waals surface area contributed by atoms with Crippen LogP contribution in [0.25, 0.3) is 0 Å². The van der Waals surface area contributed by atoms with E-state index in [0.29, 0.717) is 17.9 Å². The van der Waals surface area contributed by atoms with Crippen LogP contribution in [0.1, 0.15) is 26.3 Å². The quantitative estimate of drug-likeness (QED) is 0.609. The number of methoxy groups -OCH3 is 1. The molecule has 3 atom stereocenters. The Labute approximate surface area is 191 Å². The van der Waals surface area contributed by atoms with Crippen molar-refractivity contribution >= 4 is 29.7 Å². The van der Waals surface area contributed by atoms with Crippen LogP contribution in [0.4, 0.5) is 5.69 Å². The van der Waals surface area contributed by atoms with E-state index >= 15 is 0 Å². The van der Waals surface area contributed by atoms with Gasteiger partial charge in [-0.2, -0.15) is 0 Å². The van der Waals surface area contributed by atoms with Crippen molar-refractivity contribution in [1.29, 1.82) is 0 Å². The maximum atomic E-state index is 13.8. The smallest absolute Gasteiger partial charge is 0.248 e. The number of carbonyl (C=O) groups excluding carboxylic acids is 1. The first kappa shape index (κ1) is 23.0. The maximum Gasteiger partial charge on any atom is 0.248 e. The van der Waals surface area contributed by atoms with Gasteiger partial charge in [0.15, 0.2) is 23.4 Å². The van der Waals surface area contributed by atoms with Crippen LogP contribution in [0.15, 0.2) is 53.4 Å². The van der Waals surface area contributed by atoms with Gasteiger partial charge in [0, 0.05) is 6.07 Å². The van der Waals surface area contributed by atoms with E-state index in [1.807, 2.05) is 18.2 Å². The van der Waals surface area contributed by atoms with Crippen LogP contribution in [0.3, 0.4) is 0 Å². The van der Waals surface area contributed by atoms with Gasteiger partial charge in [-0.15, -0.1) is 0 Å². The molecule has 32 heavy (non-hydrogen) atoms. The Hall–Kier alpha value is -2.16. The van der Waals surface area contributed by atoms with Crippen LogP contribution in [-0.2, 0) is 25.5 Å². The number of ether oxygens (including phenoxy) is 1. The monoisotopic (exact) mass is 473 g/mol. The molecule has 0 bridgehead atoms. The first-order chi connectivity index (χ1) is 14.9. The number of nitrogens with zero attached hydrogens (tertiary/aromatic N) is 1. The molecule has 0 saturated carbocycles. The van der Waals surface area contributed by atoms with E-state index < -0.39 is 35.4 Å². The van der Waals surface area contributed by atoms with E-state index in [-0.39, 0.29) is 16.0 Å². The zero-order valence-corrected chi connectivity index (χ0v) is 21.3. The van der Waals surface area contributed by atoms with Crippen molar-refractivity contribution in [2.45, 2.75) is 67.6 Å². The van der Waals surface area contributed by atoms with Crippen LogP contribution in [0.5, 0.6) is 5.75 Å². The van der Waals surface area contributed by atoms with Gasteiger partial charge in [-0.05, 0) is 48.3 Å². The van der Waals surface area contributed by atoms with Crippen LogP contribution >= 0.6 is 0 Å². The van der Waals surface area contributed by atoms with Gasteiger partial charge in [-0.3, -0.25) is 4.79 Å². The summed E-state index contributed by atoms with van der Waals surface area (Å²) in [5.74, 6) is 0.211. The fourth-order valence-corrected chi connectivity index (χ4v) is 7.54. The van der Waals surface area contributed by atoms with E-state index in [2.05, 4.69) is 33.9 Å². The lowest BCUT2D eigenvalue weighted by Gasteiger charge is -2.40. The summed E-state index contributed by atoms with van der Waals surface area (Å²) in [5.41, 5.74) is 1.72. The minimum Gasteiger partial charge on any atom is -0.497 e. The molecule has 2 heterocycles. The van der Waals surface area contributed by atoms with E-state index in [9.17, 15) is 13.2 Å². The molecule has 4 rings (SSSR count). The van der Waals surface area contributed by atoms with Gasteiger partial charge in [-0.25, -0.2) is 8.42 Å². The Kier molecular flexibility index (Phi) is 5.54. The molecular formula is C24H31NO5SSi. The van der Waals surface area contributed by atoms with Crippen molar-refractivity contribution in [2.75, 3.05) is 12.0 Å². The van der Waals surface area contributed by atoms with Crippen LogP contribution in [0, 0.1) is 0 Å². The van der Waals surface area contributed by atoms with E-state index in [0.717, 1.165) is 5.56 Å². The number of rotatable bonds is 5. The summed E-state index contributed by atoms with van der Waals surface area (Å²) < 4.78 is 39.5. The predicted molar refractivity (Wildman–Crippen MR) is 127 cm³/mol. The minimum absolute atomic E-state index is 0.126. The highest BCUT2D eigenvalue weighted by Crippen LogP contribution is 2.47. The third kappa shape index (κ3) is 3.58. The molecule has 172 valence electrons. The van der Waals surface area contributed by atoms with Crippen molar-refractivity contribution in [3.05, 3.63) is 54.1 Å². The SMILES string of the molecule is COc1ccc2c(c1)N1C(=O)[C@@H](S(=O)(=O)c3ccccc3)[C@H](O[Si](C)(C)C(C)(C)C)[C@H]1C2. The second-order valence-corrected chi connectivity index (χ2v) is 16.9. The number of carbonyl (C=O) groups is 1. The molecule has 1 saturated heterocycles. The van der Waals surface area contributed by atoms with Gasteiger partial charge in [0.25, 0.3) is 0 Å². The lowest BCUT2D eigenvalue weighted by atomic mass is 10.1. The molecule has 0 aromatic heterocycles. The number of hydrogen-bond donors (Lipinski definition) is 0. The standard InChI is InChI=1S/C24H31NO5SSi/c1-24(2,3)32(5,6)30-21-20-14-16-12-13-17(29-4)15-19(16)25(20)23(26)22(21)31(27,28)18-10-8-7-9-11-18/h7-13,15,20-22H,14H2,1-6H3/t20-,21-,22+/m1/s1. The van der Waals surface area contributed by atoms with Crippen molar-refractivity contribution in [2.24, 2.45) is 0 Å². The van der Waals surface area contributed by atoms with Gasteiger partial charge in [0.2, 0.25) is 5.91 Å². The highest BCUT2D eigenvalue weighted by Gasteiger charge is 2.60. The number of benzene rings is 2. The molecule has 2 aliphatic heterocycles. The second-order valence-electron chi connectivity index (χ2n) is 10.1. The first-order valence-corrected chi connectivity index (χ1v) is 15.3. The highest BCUT2D eigenvalue weighted by molar-refractivity contribution is 7.93. The Bertz CT molecular complexity index is 1140. The molecule has 6 nitrogen and oxygen atoms in total. The molecule has 0 spiro atoms. The lowest BCUT2D eigenvalue weighted by Crippen LogP contribution is -2.51. The predicted octanol–water partition coefficient (Wildman–Crippen LogP) is 4.20. The van der Waals surface area contributed by atoms with Gasteiger partial charge in [0.05, 0.1) is 29.8 Å². The number of sulfone groups is 1. The average molecular weight is 474 g/mol. The summed E-state index contributed by atoms with van der Waals surface area (Å²) in [5, 5.41) is -1.40. The largest absolute Gasteiger partial charge is 0.497 e. The van der Waals surface area contributed by atoms with Crippen LogP contribution in [-0.4, -0.2) is 47.1 Å². The van der Waals surface area contributed by atoms with Gasteiger partial charge >= 0.3 is 0 Å². The van der Waals surface area contributed by atoms with Crippen molar-refractivity contribution < 1.29 is 22.4 Å². The van der Waals surface area contributed by atoms with E-state index in [1.54, 1.807) is 42.3 Å². The van der Waals surface area contributed by atoms with E-state index in [4.69, 9.17) is 9.16 Å². The van der Waals surface area contributed by atoms with Crippen molar-refractivity contribution in [3.8, 4) is 5.75 Å². The zero-order chi connectivity index (χ0) is 23.5. The topological polar surface area (TPSA) is 72.9 Å². The fraction of sp³-hybridized carbons (Fsp3) is 0.458. The normalized spacial score (nSPS) is 23.2. The zero-order valence-electron chi connectivity index (χ0n) is 19.5. The number of fused-ring (bicyclic) bond motifs is 3. The summed E-state index contributed by atoms with van der Waals surface area (Å²) in [4.78, 5) is 15.5. The van der Waals surface area contributed by atoms with Crippen molar-refractivity contribution in [1.82, 2.24) is 0 Å². The summed E-state index contributed by atoms with van der Waals surface area (Å²) in [6, 6.07) is 13.5. The molecule has 2 aromatic rings. The molecule has 1 fully saturated rings. The molecule has 8 heteroatoms. The van der Waals surface area contributed by atoms with Crippen molar-refractivity contribution in [3.63, 3.8) is 0 Å². The fourth-order valence-electron chi connectivity index (χ4n) is 4.31. The lowest BCUT2D eigenvalue weighted by molar-refractivity contribution is -0.117. The molecule has 2 aliphatic rings. The third-order valence-electron chi connectivity index (χ3n) is 7.11. The molecular weight excluding hydrogens is 442 g/mol. The molecule has 1 amide bonds. The molecule has 0 N–H and O–H groups in total. The van der Waals surface area contributed by atoms with Crippen LogP contribution < -0.4 is 9.64 Å². The molecule has 0 unspecified atom stereocenters. The maximum absolute atomic E-state index is 13.8. The molecule has 0 aliphatic carbocycles. The summed E-state index contributed by atoms with van der Waals surface area (Å²) in [6.45, 7) is 10.5. The number of anilines is 1. The Morgan fingerprint density at radius 1 is 1.06 bits per heavy atom. The second kappa shape index (κ2) is 7.71.